The van der Waals surface area contributed by atoms with Crippen LogP contribution in [0.25, 0.3) is 0 Å². The van der Waals surface area contributed by atoms with Crippen molar-refractivity contribution in [3.05, 3.63) is 49.8 Å². The summed E-state index contributed by atoms with van der Waals surface area (Å²) >= 11 is 7.04. The summed E-state index contributed by atoms with van der Waals surface area (Å²) in [5, 5.41) is 8.12. The fourth-order valence-electron chi connectivity index (χ4n) is 3.50. The van der Waals surface area contributed by atoms with Gasteiger partial charge in [0.2, 0.25) is 0 Å². The van der Waals surface area contributed by atoms with Gasteiger partial charge in [-0.1, -0.05) is 22.8 Å². The normalized spacial score (nSPS) is 11.5. The summed E-state index contributed by atoms with van der Waals surface area (Å²) in [6, 6.07) is 3.35. The molecule has 2 N–H and O–H groups in total. The summed E-state index contributed by atoms with van der Waals surface area (Å²) in [7, 11) is -0.257. The van der Waals surface area contributed by atoms with Crippen LogP contribution in [0.4, 0.5) is 17.3 Å². The molecule has 166 valence electrons. The second-order valence-electron chi connectivity index (χ2n) is 7.34. The van der Waals surface area contributed by atoms with Crippen LogP contribution in [0.1, 0.15) is 32.1 Å². The third-order valence-corrected chi connectivity index (χ3v) is 7.62. The summed E-state index contributed by atoms with van der Waals surface area (Å²) in [5.41, 5.74) is 4.87. The Hall–Kier alpha value is -2.56. The minimum atomic E-state index is -4.12. The molecule has 0 fully saturated rings. The lowest BCUT2D eigenvalue weighted by Crippen LogP contribution is -2.20. The number of carbonyl (C=O) groups excluding carboxylic acids is 1. The second kappa shape index (κ2) is 8.52. The molecule has 31 heavy (non-hydrogen) atoms. The topological polar surface area (TPSA) is 105 Å². The van der Waals surface area contributed by atoms with Crippen molar-refractivity contribution in [2.75, 3.05) is 29.0 Å². The van der Waals surface area contributed by atoms with Crippen molar-refractivity contribution in [3.63, 3.8) is 0 Å². The van der Waals surface area contributed by atoms with Crippen molar-refractivity contribution in [2.24, 2.45) is 0 Å². The minimum absolute atomic E-state index is 0.0469. The number of sulfonamides is 1. The number of rotatable bonds is 6. The Morgan fingerprint density at radius 3 is 2.45 bits per heavy atom. The molecule has 0 saturated carbocycles. The van der Waals surface area contributed by atoms with Crippen LogP contribution in [0, 0.1) is 27.7 Å². The van der Waals surface area contributed by atoms with Crippen molar-refractivity contribution < 1.29 is 17.7 Å². The van der Waals surface area contributed by atoms with Crippen molar-refractivity contribution in [1.82, 2.24) is 5.16 Å². The zero-order valence-electron chi connectivity index (χ0n) is 18.0. The van der Waals surface area contributed by atoms with E-state index in [-0.39, 0.29) is 20.7 Å². The highest BCUT2D eigenvalue weighted by Gasteiger charge is 2.27. The number of aromatic nitrogens is 1. The fraction of sp³-hybridized carbons (Fsp3) is 0.300. The monoisotopic (exact) mass is 482 g/mol. The van der Waals surface area contributed by atoms with Crippen molar-refractivity contribution in [1.29, 1.82) is 0 Å². The molecular formula is C20H23ClN4O4S2. The predicted octanol–water partition coefficient (Wildman–Crippen LogP) is 4.74. The molecule has 0 bridgehead atoms. The molecule has 0 aliphatic carbocycles. The number of hydrogen-bond acceptors (Lipinski definition) is 7. The molecule has 2 aromatic heterocycles. The van der Waals surface area contributed by atoms with Crippen molar-refractivity contribution in [3.8, 4) is 0 Å². The van der Waals surface area contributed by atoms with Crippen LogP contribution in [-0.2, 0) is 10.0 Å². The number of nitrogens with one attached hydrogen (secondary N) is 2. The molecule has 0 spiro atoms. The Kier molecular flexibility index (Phi) is 6.35. The number of hydrogen-bond donors (Lipinski definition) is 2. The summed E-state index contributed by atoms with van der Waals surface area (Å²) in [6.07, 6.45) is 0. The minimum Gasteiger partial charge on any atom is -0.377 e. The Balaban J connectivity index is 1.95. The highest BCUT2D eigenvalue weighted by atomic mass is 35.5. The third kappa shape index (κ3) is 4.41. The molecule has 11 heteroatoms. The molecular weight excluding hydrogens is 460 g/mol. The number of benzene rings is 1. The van der Waals surface area contributed by atoms with Crippen LogP contribution < -0.4 is 14.9 Å². The number of amides is 1. The summed E-state index contributed by atoms with van der Waals surface area (Å²) in [4.78, 5) is 14.9. The first kappa shape index (κ1) is 23.1. The van der Waals surface area contributed by atoms with Crippen LogP contribution in [0.5, 0.6) is 0 Å². The van der Waals surface area contributed by atoms with Gasteiger partial charge in [0.25, 0.3) is 21.8 Å². The van der Waals surface area contributed by atoms with E-state index in [1.54, 1.807) is 6.92 Å². The molecule has 0 aliphatic heterocycles. The van der Waals surface area contributed by atoms with Crippen LogP contribution in [0.3, 0.4) is 0 Å². The van der Waals surface area contributed by atoms with Gasteiger partial charge < -0.3 is 14.7 Å². The summed E-state index contributed by atoms with van der Waals surface area (Å²) in [5.74, 6) is -0.715. The number of aryl methyl sites for hydroxylation is 3. The smallest absolute Gasteiger partial charge is 0.267 e. The van der Waals surface area contributed by atoms with E-state index in [1.807, 2.05) is 45.8 Å². The number of nitrogens with zero attached hydrogens (tertiary/aromatic N) is 2. The van der Waals surface area contributed by atoms with Gasteiger partial charge in [0.1, 0.15) is 20.5 Å². The van der Waals surface area contributed by atoms with E-state index in [2.05, 4.69) is 15.2 Å². The van der Waals surface area contributed by atoms with Crippen LogP contribution in [0.15, 0.2) is 26.9 Å². The maximum absolute atomic E-state index is 13.1. The maximum atomic E-state index is 13.1. The lowest BCUT2D eigenvalue weighted by molar-refractivity contribution is 0.102. The van der Waals surface area contributed by atoms with Crippen LogP contribution >= 0.6 is 22.9 Å². The van der Waals surface area contributed by atoms with Gasteiger partial charge in [-0.2, -0.15) is 0 Å². The molecule has 1 aromatic carbocycles. The molecule has 2 heterocycles. The first-order chi connectivity index (χ1) is 14.4. The van der Waals surface area contributed by atoms with Gasteiger partial charge in [-0.05, 0) is 55.8 Å². The van der Waals surface area contributed by atoms with E-state index < -0.39 is 15.9 Å². The number of halogens is 1. The van der Waals surface area contributed by atoms with Gasteiger partial charge in [0.15, 0.2) is 0 Å². The van der Waals surface area contributed by atoms with Gasteiger partial charge in [0.05, 0.1) is 0 Å². The third-order valence-electron chi connectivity index (χ3n) is 4.76. The highest BCUT2D eigenvalue weighted by molar-refractivity contribution is 7.93. The molecule has 0 saturated heterocycles. The fourth-order valence-corrected chi connectivity index (χ4v) is 5.99. The number of carbonyl (C=O) groups is 1. The van der Waals surface area contributed by atoms with Gasteiger partial charge in [-0.25, -0.2) is 13.1 Å². The zero-order chi connectivity index (χ0) is 23.1. The Morgan fingerprint density at radius 1 is 1.19 bits per heavy atom. The van der Waals surface area contributed by atoms with Crippen LogP contribution in [-0.4, -0.2) is 33.6 Å². The average molecular weight is 483 g/mol. The number of thiophene rings is 1. The van der Waals surface area contributed by atoms with Crippen molar-refractivity contribution in [2.45, 2.75) is 32.6 Å². The Morgan fingerprint density at radius 2 is 1.87 bits per heavy atom. The van der Waals surface area contributed by atoms with Gasteiger partial charge in [-0.15, -0.1) is 11.3 Å². The molecule has 1 amide bonds. The van der Waals surface area contributed by atoms with E-state index in [4.69, 9.17) is 16.1 Å². The van der Waals surface area contributed by atoms with E-state index in [0.717, 1.165) is 33.7 Å². The standard InChI is InChI=1S/C20H23ClN4O4S2/c1-10-9-11(2)17(25(5)6)12(3)16(10)22-19(26)18-14(7-8-30-18)31(27,28)24-20-15(21)13(4)23-29-20/h7-9,24H,1-6H3,(H,22,26). The molecule has 8 nitrogen and oxygen atoms in total. The average Bonchev–Trinajstić information content (AvgIpc) is 3.28. The molecule has 0 aliphatic rings. The van der Waals surface area contributed by atoms with Gasteiger partial charge in [0, 0.05) is 25.5 Å². The van der Waals surface area contributed by atoms with E-state index in [1.165, 1.54) is 11.4 Å². The SMILES string of the molecule is Cc1cc(C)c(N(C)C)c(C)c1NC(=O)c1sccc1S(=O)(=O)Nc1onc(C)c1Cl. The quantitative estimate of drug-likeness (QED) is 0.525. The molecule has 3 rings (SSSR count). The van der Waals surface area contributed by atoms with Crippen LogP contribution in [0.2, 0.25) is 5.02 Å². The highest BCUT2D eigenvalue weighted by Crippen LogP contribution is 2.34. The zero-order valence-corrected chi connectivity index (χ0v) is 20.3. The maximum Gasteiger partial charge on any atom is 0.267 e. The first-order valence-corrected chi connectivity index (χ1v) is 12.0. The summed E-state index contributed by atoms with van der Waals surface area (Å²) < 4.78 is 33.0. The Bertz CT molecular complexity index is 1260. The van der Waals surface area contributed by atoms with E-state index in [0.29, 0.717) is 11.4 Å². The van der Waals surface area contributed by atoms with Crippen molar-refractivity contribution >= 4 is 56.1 Å². The van der Waals surface area contributed by atoms with Gasteiger partial charge in [-0.3, -0.25) is 4.79 Å². The van der Waals surface area contributed by atoms with E-state index in [9.17, 15) is 13.2 Å². The Labute approximate surface area is 190 Å². The van der Waals surface area contributed by atoms with E-state index >= 15 is 0 Å². The molecule has 0 unspecified atom stereocenters. The predicted molar refractivity (Wildman–Crippen MR) is 124 cm³/mol. The number of anilines is 3. The molecule has 0 radical (unpaired) electrons. The molecule has 3 aromatic rings. The first-order valence-electron chi connectivity index (χ1n) is 9.25. The second-order valence-corrected chi connectivity index (χ2v) is 10.3. The lowest BCUT2D eigenvalue weighted by atomic mass is 10.0. The summed E-state index contributed by atoms with van der Waals surface area (Å²) in [6.45, 7) is 7.41. The van der Waals surface area contributed by atoms with Gasteiger partial charge >= 0.3 is 0 Å². The largest absolute Gasteiger partial charge is 0.377 e. The molecule has 0 atom stereocenters. The lowest BCUT2D eigenvalue weighted by Gasteiger charge is -2.23.